The molecule has 4 heteroatoms. The Kier molecular flexibility index (Phi) is 13.8. The van der Waals surface area contributed by atoms with Gasteiger partial charge in [-0.05, 0) is 12.8 Å². The van der Waals surface area contributed by atoms with Crippen LogP contribution in [-0.2, 0) is 4.74 Å². The van der Waals surface area contributed by atoms with Crippen molar-refractivity contribution < 1.29 is 4.74 Å². The summed E-state index contributed by atoms with van der Waals surface area (Å²) in [7, 11) is 0. The third-order valence-corrected chi connectivity index (χ3v) is 2.74. The lowest BCUT2D eigenvalue weighted by Gasteiger charge is -2.10. The van der Waals surface area contributed by atoms with E-state index in [4.69, 9.17) is 4.74 Å². The second kappa shape index (κ2) is 12.9. The van der Waals surface area contributed by atoms with Gasteiger partial charge in [0.05, 0.1) is 13.2 Å². The minimum absolute atomic E-state index is 0.889. The van der Waals surface area contributed by atoms with Gasteiger partial charge < -0.3 is 10.1 Å². The number of rotatable bonds is 4. The minimum Gasteiger partial charge on any atom is -0.379 e. The summed E-state index contributed by atoms with van der Waals surface area (Å²) in [6.45, 7) is 3.83. The van der Waals surface area contributed by atoms with Crippen molar-refractivity contribution >= 4 is 31.9 Å². The molecule has 0 unspecified atom stereocenters. The van der Waals surface area contributed by atoms with Gasteiger partial charge in [0.1, 0.15) is 0 Å². The third-order valence-electron chi connectivity index (χ3n) is 1.61. The molecule has 1 saturated heterocycles. The van der Waals surface area contributed by atoms with E-state index in [-0.39, 0.29) is 0 Å². The Morgan fingerprint density at radius 3 is 1.69 bits per heavy atom. The van der Waals surface area contributed by atoms with Crippen LogP contribution in [0.1, 0.15) is 19.3 Å². The quantitative estimate of drug-likeness (QED) is 0.636. The first-order valence-electron chi connectivity index (χ1n) is 4.82. The maximum absolute atomic E-state index is 5.01. The maximum atomic E-state index is 5.01. The largest absolute Gasteiger partial charge is 0.379 e. The molecule has 0 radical (unpaired) electrons. The first-order chi connectivity index (χ1) is 6.41. The van der Waals surface area contributed by atoms with Crippen LogP contribution in [0.5, 0.6) is 0 Å². The molecule has 1 aliphatic heterocycles. The van der Waals surface area contributed by atoms with Gasteiger partial charge in [0, 0.05) is 23.7 Å². The Labute approximate surface area is 98.1 Å². The van der Waals surface area contributed by atoms with Crippen LogP contribution in [0.2, 0.25) is 0 Å². The molecule has 0 aromatic heterocycles. The van der Waals surface area contributed by atoms with E-state index in [2.05, 4.69) is 37.2 Å². The summed E-state index contributed by atoms with van der Waals surface area (Å²) < 4.78 is 5.01. The standard InChI is InChI=1S/C5H10Br2.C4H9NO/c6-4-2-1-3-5-7;1-3-6-4-2-5-1/h1-5H2;5H,1-4H2. The summed E-state index contributed by atoms with van der Waals surface area (Å²) in [5.41, 5.74) is 0. The fraction of sp³-hybridized carbons (Fsp3) is 1.00. The lowest BCUT2D eigenvalue weighted by atomic mass is 10.3. The number of unbranched alkanes of at least 4 members (excludes halogenated alkanes) is 2. The Morgan fingerprint density at radius 2 is 1.46 bits per heavy atom. The molecule has 0 spiro atoms. The number of morpholine rings is 1. The van der Waals surface area contributed by atoms with E-state index < -0.39 is 0 Å². The molecule has 0 aromatic rings. The molecule has 0 aliphatic carbocycles. The molecule has 0 aromatic carbocycles. The average Bonchev–Trinajstić information content (AvgIpc) is 2.22. The monoisotopic (exact) mass is 315 g/mol. The molecule has 0 bridgehead atoms. The maximum Gasteiger partial charge on any atom is 0.0591 e. The lowest BCUT2D eigenvalue weighted by molar-refractivity contribution is 0.109. The highest BCUT2D eigenvalue weighted by Gasteiger charge is 1.92. The predicted octanol–water partition coefficient (Wildman–Crippen LogP) is 2.55. The van der Waals surface area contributed by atoms with Gasteiger partial charge in [-0.1, -0.05) is 38.3 Å². The van der Waals surface area contributed by atoms with Gasteiger partial charge >= 0.3 is 0 Å². The highest BCUT2D eigenvalue weighted by molar-refractivity contribution is 9.09. The summed E-state index contributed by atoms with van der Waals surface area (Å²) in [5.74, 6) is 0. The van der Waals surface area contributed by atoms with Crippen molar-refractivity contribution in [3.63, 3.8) is 0 Å². The molecular weight excluding hydrogens is 298 g/mol. The van der Waals surface area contributed by atoms with E-state index in [1.807, 2.05) is 0 Å². The molecular formula is C9H19Br2NO. The minimum atomic E-state index is 0.889. The fourth-order valence-electron chi connectivity index (χ4n) is 0.881. The van der Waals surface area contributed by atoms with E-state index in [0.717, 1.165) is 37.0 Å². The molecule has 80 valence electrons. The van der Waals surface area contributed by atoms with E-state index in [0.29, 0.717) is 0 Å². The normalized spacial score (nSPS) is 16.2. The Hall–Kier alpha value is 0.880. The molecule has 0 saturated carbocycles. The zero-order chi connectivity index (χ0) is 9.78. The van der Waals surface area contributed by atoms with Crippen LogP contribution in [0, 0.1) is 0 Å². The number of hydrogen-bond acceptors (Lipinski definition) is 2. The fourth-order valence-corrected chi connectivity index (χ4v) is 1.67. The van der Waals surface area contributed by atoms with E-state index in [1.165, 1.54) is 19.3 Å². The van der Waals surface area contributed by atoms with Crippen molar-refractivity contribution in [1.82, 2.24) is 5.32 Å². The van der Waals surface area contributed by atoms with Crippen molar-refractivity contribution in [1.29, 1.82) is 0 Å². The summed E-state index contributed by atoms with van der Waals surface area (Å²) >= 11 is 6.73. The van der Waals surface area contributed by atoms with Gasteiger partial charge in [-0.2, -0.15) is 0 Å². The van der Waals surface area contributed by atoms with Crippen LogP contribution in [0.15, 0.2) is 0 Å². The summed E-state index contributed by atoms with van der Waals surface area (Å²) in [4.78, 5) is 0. The Balaban J connectivity index is 0.000000223. The molecule has 1 fully saturated rings. The number of ether oxygens (including phenoxy) is 1. The topological polar surface area (TPSA) is 21.3 Å². The average molecular weight is 317 g/mol. The van der Waals surface area contributed by atoms with Crippen LogP contribution in [0.4, 0.5) is 0 Å². The smallest absolute Gasteiger partial charge is 0.0591 e. The predicted molar refractivity (Wildman–Crippen MR) is 65.1 cm³/mol. The van der Waals surface area contributed by atoms with Crippen LogP contribution in [0.3, 0.4) is 0 Å². The molecule has 0 amide bonds. The highest BCUT2D eigenvalue weighted by atomic mass is 79.9. The summed E-state index contributed by atoms with van der Waals surface area (Å²) in [6, 6.07) is 0. The van der Waals surface area contributed by atoms with Gasteiger partial charge in [-0.15, -0.1) is 0 Å². The van der Waals surface area contributed by atoms with Crippen molar-refractivity contribution in [2.75, 3.05) is 37.0 Å². The van der Waals surface area contributed by atoms with Crippen molar-refractivity contribution in [3.8, 4) is 0 Å². The zero-order valence-corrected chi connectivity index (χ0v) is 11.2. The Morgan fingerprint density at radius 1 is 0.923 bits per heavy atom. The number of nitrogens with one attached hydrogen (secondary N) is 1. The number of alkyl halides is 2. The molecule has 1 aliphatic rings. The van der Waals surface area contributed by atoms with E-state index in [9.17, 15) is 0 Å². The molecule has 1 rings (SSSR count). The molecule has 1 heterocycles. The van der Waals surface area contributed by atoms with Gasteiger partial charge in [0.15, 0.2) is 0 Å². The molecule has 1 N–H and O–H groups in total. The number of halogens is 2. The molecule has 2 nitrogen and oxygen atoms in total. The second-order valence-corrected chi connectivity index (χ2v) is 4.39. The Bertz CT molecular complexity index is 74.2. The first-order valence-corrected chi connectivity index (χ1v) is 7.06. The van der Waals surface area contributed by atoms with E-state index in [1.54, 1.807) is 0 Å². The van der Waals surface area contributed by atoms with Crippen molar-refractivity contribution in [2.24, 2.45) is 0 Å². The van der Waals surface area contributed by atoms with Crippen molar-refractivity contribution in [3.05, 3.63) is 0 Å². The molecule has 0 atom stereocenters. The van der Waals surface area contributed by atoms with Gasteiger partial charge in [0.2, 0.25) is 0 Å². The summed E-state index contributed by atoms with van der Waals surface area (Å²) in [6.07, 6.45) is 3.97. The van der Waals surface area contributed by atoms with Crippen LogP contribution < -0.4 is 5.32 Å². The van der Waals surface area contributed by atoms with Crippen molar-refractivity contribution in [2.45, 2.75) is 19.3 Å². The zero-order valence-electron chi connectivity index (χ0n) is 8.03. The first kappa shape index (κ1) is 13.9. The van der Waals surface area contributed by atoms with Crippen LogP contribution in [0.25, 0.3) is 0 Å². The van der Waals surface area contributed by atoms with Gasteiger partial charge in [-0.25, -0.2) is 0 Å². The van der Waals surface area contributed by atoms with Crippen LogP contribution in [-0.4, -0.2) is 37.0 Å². The third kappa shape index (κ3) is 12.9. The SMILES string of the molecule is BrCCCCCBr.C1COCCN1. The van der Waals surface area contributed by atoms with E-state index >= 15 is 0 Å². The second-order valence-electron chi connectivity index (χ2n) is 2.80. The van der Waals surface area contributed by atoms with Gasteiger partial charge in [0.25, 0.3) is 0 Å². The van der Waals surface area contributed by atoms with Gasteiger partial charge in [-0.3, -0.25) is 0 Å². The highest BCUT2D eigenvalue weighted by Crippen LogP contribution is 1.99. The number of hydrogen-bond donors (Lipinski definition) is 1. The molecule has 13 heavy (non-hydrogen) atoms. The lowest BCUT2D eigenvalue weighted by Crippen LogP contribution is -2.30. The van der Waals surface area contributed by atoms with Crippen LogP contribution >= 0.6 is 31.9 Å². The summed E-state index contributed by atoms with van der Waals surface area (Å²) in [5, 5.41) is 5.47.